The summed E-state index contributed by atoms with van der Waals surface area (Å²) in [5.41, 5.74) is 0.838. The Balaban J connectivity index is 2.42. The van der Waals surface area contributed by atoms with Gasteiger partial charge >= 0.3 is 11.6 Å². The smallest absolute Gasteiger partial charge is 0.348 e. The Hall–Kier alpha value is -2.37. The normalized spacial score (nSPS) is 12.2. The third-order valence-corrected chi connectivity index (χ3v) is 2.76. The summed E-state index contributed by atoms with van der Waals surface area (Å²) in [4.78, 5) is 27.3. The van der Waals surface area contributed by atoms with E-state index in [0.29, 0.717) is 10.9 Å². The lowest BCUT2D eigenvalue weighted by Gasteiger charge is -2.11. The number of aromatic nitrogens is 1. The number of nitrogens with one attached hydrogen (secondary N) is 1. The molecule has 0 saturated heterocycles. The van der Waals surface area contributed by atoms with E-state index in [2.05, 4.69) is 15.0 Å². The average Bonchev–Trinajstić information content (AvgIpc) is 2.37. The molecule has 1 N–H and O–H groups in total. The maximum atomic E-state index is 11.9. The standard InChI is InChI=1S/C13H14N2O4/c1-7-5-4-6-9-10(7)12(17)19-13(15-9)14-8(2)11(16)18-3/h4-6,8H,1-3H3,(H,14,15)/t8-/m1/s1. The minimum Gasteiger partial charge on any atom is -0.467 e. The zero-order chi connectivity index (χ0) is 14.0. The first kappa shape index (κ1) is 13.1. The first-order valence-corrected chi connectivity index (χ1v) is 5.77. The van der Waals surface area contributed by atoms with Crippen LogP contribution < -0.4 is 10.9 Å². The summed E-state index contributed by atoms with van der Waals surface area (Å²) in [6, 6.07) is 4.68. The first-order valence-electron chi connectivity index (χ1n) is 5.77. The van der Waals surface area contributed by atoms with Crippen LogP contribution >= 0.6 is 0 Å². The molecule has 0 fully saturated rings. The number of benzene rings is 1. The van der Waals surface area contributed by atoms with Crippen molar-refractivity contribution < 1.29 is 13.9 Å². The minimum absolute atomic E-state index is 0.000926. The molecule has 1 heterocycles. The molecule has 0 spiro atoms. The van der Waals surface area contributed by atoms with E-state index in [1.54, 1.807) is 19.1 Å². The molecular weight excluding hydrogens is 248 g/mol. The third-order valence-electron chi connectivity index (χ3n) is 2.76. The summed E-state index contributed by atoms with van der Waals surface area (Å²) in [5.74, 6) is -0.464. The highest BCUT2D eigenvalue weighted by Crippen LogP contribution is 2.15. The number of carbonyl (C=O) groups is 1. The van der Waals surface area contributed by atoms with Crippen LogP contribution in [0.15, 0.2) is 27.4 Å². The van der Waals surface area contributed by atoms with E-state index in [0.717, 1.165) is 5.56 Å². The van der Waals surface area contributed by atoms with Crippen molar-refractivity contribution in [2.75, 3.05) is 12.4 Å². The van der Waals surface area contributed by atoms with Crippen LogP contribution in [0.25, 0.3) is 10.9 Å². The Morgan fingerprint density at radius 3 is 2.89 bits per heavy atom. The van der Waals surface area contributed by atoms with Crippen LogP contribution in [0.3, 0.4) is 0 Å². The van der Waals surface area contributed by atoms with Crippen molar-refractivity contribution in [3.05, 3.63) is 34.2 Å². The first-order chi connectivity index (χ1) is 9.02. The van der Waals surface area contributed by atoms with E-state index in [9.17, 15) is 9.59 Å². The summed E-state index contributed by atoms with van der Waals surface area (Å²) in [6.45, 7) is 3.40. The van der Waals surface area contributed by atoms with E-state index >= 15 is 0 Å². The van der Waals surface area contributed by atoms with E-state index in [1.807, 2.05) is 13.0 Å². The Morgan fingerprint density at radius 2 is 2.21 bits per heavy atom. The fourth-order valence-corrected chi connectivity index (χ4v) is 1.76. The predicted molar refractivity (Wildman–Crippen MR) is 70.1 cm³/mol. The van der Waals surface area contributed by atoms with Crippen LogP contribution in [0.4, 0.5) is 6.01 Å². The second kappa shape index (κ2) is 5.09. The van der Waals surface area contributed by atoms with E-state index in [1.165, 1.54) is 7.11 Å². The SMILES string of the molecule is COC(=O)[C@@H](C)Nc1nc2cccc(C)c2c(=O)o1. The predicted octanol–water partition coefficient (Wildman–Crippen LogP) is 1.47. The molecule has 0 saturated carbocycles. The topological polar surface area (TPSA) is 81.4 Å². The molecule has 0 bridgehead atoms. The van der Waals surface area contributed by atoms with Crippen LogP contribution in [0.5, 0.6) is 0 Å². The molecule has 6 nitrogen and oxygen atoms in total. The number of anilines is 1. The molecule has 2 aromatic rings. The van der Waals surface area contributed by atoms with Gasteiger partial charge in [-0.15, -0.1) is 0 Å². The van der Waals surface area contributed by atoms with Gasteiger partial charge in [-0.25, -0.2) is 9.59 Å². The fourth-order valence-electron chi connectivity index (χ4n) is 1.76. The highest BCUT2D eigenvalue weighted by Gasteiger charge is 2.16. The monoisotopic (exact) mass is 262 g/mol. The molecule has 0 aliphatic rings. The van der Waals surface area contributed by atoms with Gasteiger partial charge in [0, 0.05) is 0 Å². The Morgan fingerprint density at radius 1 is 1.47 bits per heavy atom. The number of aryl methyl sites for hydroxylation is 1. The maximum absolute atomic E-state index is 11.9. The van der Waals surface area contributed by atoms with E-state index in [4.69, 9.17) is 4.42 Å². The van der Waals surface area contributed by atoms with Gasteiger partial charge in [0.15, 0.2) is 0 Å². The average molecular weight is 262 g/mol. The van der Waals surface area contributed by atoms with Gasteiger partial charge < -0.3 is 14.5 Å². The summed E-state index contributed by atoms with van der Waals surface area (Å²) < 4.78 is 9.62. The van der Waals surface area contributed by atoms with Crippen LogP contribution in [-0.2, 0) is 9.53 Å². The molecule has 0 radical (unpaired) electrons. The van der Waals surface area contributed by atoms with E-state index < -0.39 is 17.6 Å². The molecule has 2 rings (SSSR count). The van der Waals surface area contributed by atoms with Crippen LogP contribution in [-0.4, -0.2) is 24.1 Å². The van der Waals surface area contributed by atoms with Gasteiger partial charge in [0.2, 0.25) is 0 Å². The molecule has 1 aromatic heterocycles. The van der Waals surface area contributed by atoms with Gasteiger partial charge in [-0.2, -0.15) is 4.98 Å². The number of hydrogen-bond donors (Lipinski definition) is 1. The lowest BCUT2D eigenvalue weighted by Crippen LogP contribution is -2.28. The van der Waals surface area contributed by atoms with Gasteiger partial charge in [-0.3, -0.25) is 0 Å². The highest BCUT2D eigenvalue weighted by molar-refractivity contribution is 5.82. The molecule has 1 atom stereocenters. The zero-order valence-electron chi connectivity index (χ0n) is 10.9. The molecule has 100 valence electrons. The number of fused-ring (bicyclic) bond motifs is 1. The summed E-state index contributed by atoms with van der Waals surface area (Å²) >= 11 is 0. The van der Waals surface area contributed by atoms with Crippen LogP contribution in [0.1, 0.15) is 12.5 Å². The second-order valence-corrected chi connectivity index (χ2v) is 4.16. The van der Waals surface area contributed by atoms with Gasteiger partial charge in [-0.05, 0) is 25.5 Å². The number of ether oxygens (including phenoxy) is 1. The lowest BCUT2D eigenvalue weighted by atomic mass is 10.1. The number of rotatable bonds is 3. The number of carbonyl (C=O) groups excluding carboxylic acids is 1. The summed E-state index contributed by atoms with van der Waals surface area (Å²) in [5, 5.41) is 3.14. The third kappa shape index (κ3) is 2.57. The van der Waals surface area contributed by atoms with Crippen molar-refractivity contribution in [1.29, 1.82) is 0 Å². The van der Waals surface area contributed by atoms with Crippen molar-refractivity contribution in [3.8, 4) is 0 Å². The molecule has 0 unspecified atom stereocenters. The van der Waals surface area contributed by atoms with Gasteiger partial charge in [-0.1, -0.05) is 12.1 Å². The van der Waals surface area contributed by atoms with Gasteiger partial charge in [0.1, 0.15) is 6.04 Å². The molecular formula is C13H14N2O4. The van der Waals surface area contributed by atoms with Crippen molar-refractivity contribution >= 4 is 22.9 Å². The molecule has 1 aromatic carbocycles. The van der Waals surface area contributed by atoms with Crippen LogP contribution in [0.2, 0.25) is 0 Å². The second-order valence-electron chi connectivity index (χ2n) is 4.16. The molecule has 19 heavy (non-hydrogen) atoms. The number of methoxy groups -OCH3 is 1. The largest absolute Gasteiger partial charge is 0.467 e. The number of hydrogen-bond acceptors (Lipinski definition) is 6. The van der Waals surface area contributed by atoms with Crippen molar-refractivity contribution in [3.63, 3.8) is 0 Å². The van der Waals surface area contributed by atoms with Crippen molar-refractivity contribution in [1.82, 2.24) is 4.98 Å². The quantitative estimate of drug-likeness (QED) is 0.843. The summed E-state index contributed by atoms with van der Waals surface area (Å²) in [7, 11) is 1.29. The lowest BCUT2D eigenvalue weighted by molar-refractivity contribution is -0.141. The van der Waals surface area contributed by atoms with Crippen LogP contribution in [0, 0.1) is 6.92 Å². The van der Waals surface area contributed by atoms with Gasteiger partial charge in [0.25, 0.3) is 6.01 Å². The fraction of sp³-hybridized carbons (Fsp3) is 0.308. The molecule has 6 heteroatoms. The van der Waals surface area contributed by atoms with E-state index in [-0.39, 0.29) is 6.01 Å². The minimum atomic E-state index is -0.650. The molecule has 0 aliphatic carbocycles. The van der Waals surface area contributed by atoms with Gasteiger partial charge in [0.05, 0.1) is 18.0 Å². The Kier molecular flexibility index (Phi) is 3.50. The maximum Gasteiger partial charge on any atom is 0.348 e. The Labute approximate surface area is 109 Å². The van der Waals surface area contributed by atoms with Crippen molar-refractivity contribution in [2.45, 2.75) is 19.9 Å². The molecule has 0 aliphatic heterocycles. The zero-order valence-corrected chi connectivity index (χ0v) is 10.9. The highest BCUT2D eigenvalue weighted by atomic mass is 16.5. The molecule has 0 amide bonds. The van der Waals surface area contributed by atoms with Crippen molar-refractivity contribution in [2.24, 2.45) is 0 Å². The summed E-state index contributed by atoms with van der Waals surface area (Å²) in [6.07, 6.45) is 0. The number of nitrogens with zero attached hydrogens (tertiary/aromatic N) is 1. The number of esters is 1. The Bertz CT molecular complexity index is 678.